The lowest BCUT2D eigenvalue weighted by Gasteiger charge is -2.24. The molecular weight excluding hydrogens is 525 g/mol. The molecule has 0 spiro atoms. The molecule has 0 aliphatic rings. The minimum atomic E-state index is -0.617. The van der Waals surface area contributed by atoms with E-state index in [2.05, 4.69) is 0 Å². The average molecular weight is 557 g/mol. The first-order chi connectivity index (χ1) is 18.9. The fraction of sp³-hybridized carbons (Fsp3) is 0.276. The summed E-state index contributed by atoms with van der Waals surface area (Å²) >= 11 is 1.21. The van der Waals surface area contributed by atoms with E-state index in [1.54, 1.807) is 26.4 Å². The summed E-state index contributed by atoms with van der Waals surface area (Å²) in [5.41, 5.74) is 7.96. The molecule has 6 nitrogen and oxygen atoms in total. The summed E-state index contributed by atoms with van der Waals surface area (Å²) in [6, 6.07) is 15.4. The lowest BCUT2D eigenvalue weighted by atomic mass is 10.1. The predicted octanol–water partition coefficient (Wildman–Crippen LogP) is 6.65. The van der Waals surface area contributed by atoms with E-state index >= 15 is 0 Å². The van der Waals surface area contributed by atoms with Gasteiger partial charge in [-0.2, -0.15) is 0 Å². The molecular formula is C29H31F3N4O2S. The smallest absolute Gasteiger partial charge is 0.174 e. The number of hydrogen-bond donors (Lipinski definition) is 1. The lowest BCUT2D eigenvalue weighted by molar-refractivity contribution is 0.355. The fourth-order valence-corrected chi connectivity index (χ4v) is 5.31. The van der Waals surface area contributed by atoms with Gasteiger partial charge in [-0.15, -0.1) is 0 Å². The molecule has 10 heteroatoms. The largest absolute Gasteiger partial charge is 0.493 e. The molecule has 0 saturated heterocycles. The van der Waals surface area contributed by atoms with E-state index in [0.29, 0.717) is 35.3 Å². The number of ether oxygens (including phenoxy) is 2. The van der Waals surface area contributed by atoms with Gasteiger partial charge in [0.15, 0.2) is 16.7 Å². The van der Waals surface area contributed by atoms with E-state index in [1.165, 1.54) is 42.1 Å². The van der Waals surface area contributed by atoms with Gasteiger partial charge >= 0.3 is 0 Å². The van der Waals surface area contributed by atoms with Crippen molar-refractivity contribution in [3.63, 3.8) is 0 Å². The molecule has 4 aromatic rings. The van der Waals surface area contributed by atoms with Crippen LogP contribution in [0.4, 0.5) is 24.7 Å². The van der Waals surface area contributed by atoms with E-state index in [0.717, 1.165) is 30.0 Å². The maximum Gasteiger partial charge on any atom is 0.174 e. The highest BCUT2D eigenvalue weighted by molar-refractivity contribution is 7.98. The minimum Gasteiger partial charge on any atom is -0.493 e. The molecule has 0 unspecified atom stereocenters. The molecule has 0 amide bonds. The van der Waals surface area contributed by atoms with Crippen molar-refractivity contribution in [2.75, 3.05) is 32.7 Å². The van der Waals surface area contributed by atoms with Gasteiger partial charge in [0.1, 0.15) is 23.3 Å². The van der Waals surface area contributed by atoms with E-state index < -0.39 is 11.6 Å². The van der Waals surface area contributed by atoms with Crippen LogP contribution in [-0.2, 0) is 12.2 Å². The second-order valence-electron chi connectivity index (χ2n) is 8.81. The number of rotatable bonds is 12. The third-order valence-electron chi connectivity index (χ3n) is 6.32. The van der Waals surface area contributed by atoms with Crippen molar-refractivity contribution in [2.24, 2.45) is 5.73 Å². The zero-order valence-corrected chi connectivity index (χ0v) is 22.9. The van der Waals surface area contributed by atoms with Crippen LogP contribution in [0.1, 0.15) is 24.1 Å². The molecule has 39 heavy (non-hydrogen) atoms. The second-order valence-corrected chi connectivity index (χ2v) is 9.75. The Labute approximate surface area is 230 Å². The number of imidazole rings is 1. The molecule has 0 saturated carbocycles. The summed E-state index contributed by atoms with van der Waals surface area (Å²) in [6.45, 7) is 0.549. The van der Waals surface area contributed by atoms with Gasteiger partial charge in [0.05, 0.1) is 19.9 Å². The molecule has 0 aliphatic heterocycles. The van der Waals surface area contributed by atoms with Crippen LogP contribution in [0.3, 0.4) is 0 Å². The van der Waals surface area contributed by atoms with Crippen LogP contribution in [0.25, 0.3) is 5.69 Å². The third kappa shape index (κ3) is 6.34. The molecule has 0 atom stereocenters. The summed E-state index contributed by atoms with van der Waals surface area (Å²) in [6.07, 6.45) is 2.24. The van der Waals surface area contributed by atoms with Gasteiger partial charge in [-0.1, -0.05) is 17.8 Å². The number of aromatic nitrogens is 2. The van der Waals surface area contributed by atoms with Crippen LogP contribution in [0.2, 0.25) is 0 Å². The Balaban J connectivity index is 1.85. The maximum atomic E-state index is 14.4. The maximum absolute atomic E-state index is 14.4. The number of thioether (sulfide) groups is 1. The summed E-state index contributed by atoms with van der Waals surface area (Å²) in [4.78, 5) is 6.89. The monoisotopic (exact) mass is 556 g/mol. The van der Waals surface area contributed by atoms with Crippen molar-refractivity contribution in [3.05, 3.63) is 89.4 Å². The Morgan fingerprint density at radius 2 is 1.62 bits per heavy atom. The van der Waals surface area contributed by atoms with Crippen molar-refractivity contribution >= 4 is 23.3 Å². The van der Waals surface area contributed by atoms with Crippen LogP contribution in [-0.4, -0.2) is 37.4 Å². The number of nitrogens with two attached hydrogens (primary N) is 1. The molecule has 0 fully saturated rings. The number of anilines is 2. The zero-order chi connectivity index (χ0) is 27.9. The van der Waals surface area contributed by atoms with Crippen LogP contribution < -0.4 is 20.1 Å². The van der Waals surface area contributed by atoms with Gasteiger partial charge in [-0.3, -0.25) is 4.57 Å². The minimum absolute atomic E-state index is 0.0263. The third-order valence-corrected chi connectivity index (χ3v) is 7.29. The molecule has 206 valence electrons. The normalized spacial score (nSPS) is 11.1. The van der Waals surface area contributed by atoms with Gasteiger partial charge in [0, 0.05) is 35.8 Å². The van der Waals surface area contributed by atoms with Gasteiger partial charge in [0.25, 0.3) is 0 Å². The van der Waals surface area contributed by atoms with Crippen LogP contribution in [0, 0.1) is 17.5 Å². The lowest BCUT2D eigenvalue weighted by Crippen LogP contribution is -2.16. The average Bonchev–Trinajstić information content (AvgIpc) is 3.30. The molecule has 0 bridgehead atoms. The number of aryl methyl sites for hydroxylation is 1. The fourth-order valence-electron chi connectivity index (χ4n) is 4.27. The van der Waals surface area contributed by atoms with E-state index in [9.17, 15) is 13.2 Å². The predicted molar refractivity (Wildman–Crippen MR) is 149 cm³/mol. The highest BCUT2D eigenvalue weighted by atomic mass is 32.2. The highest BCUT2D eigenvalue weighted by Crippen LogP contribution is 2.39. The Kier molecular flexibility index (Phi) is 9.42. The van der Waals surface area contributed by atoms with Crippen LogP contribution in [0.5, 0.6) is 11.5 Å². The number of unbranched alkanes of at least 4 members (excludes halogenated alkanes) is 1. The van der Waals surface area contributed by atoms with Crippen LogP contribution in [0.15, 0.2) is 65.8 Å². The molecule has 0 radical (unpaired) electrons. The van der Waals surface area contributed by atoms with Gasteiger partial charge < -0.3 is 20.1 Å². The summed E-state index contributed by atoms with van der Waals surface area (Å²) in [5, 5.41) is 0.523. The standard InChI is InChI=1S/C29H31F3N4O2S/c1-35(21-14-15-26(37-2)27(17-21)38-3)28-25(9-4-5-16-33)34-29(36(28)20-12-10-19(30)11-13-20)39-18-22-23(31)7-6-8-24(22)32/h6-8,10-15,17H,4-5,9,16,18,33H2,1-3H3. The SMILES string of the molecule is COc1ccc(N(C)c2c(CCCCN)nc(SCc3c(F)cccc3F)n2-c2ccc(F)cc2)cc1OC. The topological polar surface area (TPSA) is 65.5 Å². The Bertz CT molecular complexity index is 1390. The molecule has 0 aliphatic carbocycles. The van der Waals surface area contributed by atoms with E-state index in [1.807, 2.05) is 34.7 Å². The Morgan fingerprint density at radius 1 is 0.923 bits per heavy atom. The van der Waals surface area contributed by atoms with Crippen LogP contribution >= 0.6 is 11.8 Å². The number of hydrogen-bond acceptors (Lipinski definition) is 6. The Hall–Kier alpha value is -3.63. The van der Waals surface area contributed by atoms with Crippen molar-refractivity contribution in [1.82, 2.24) is 9.55 Å². The second kappa shape index (κ2) is 12.9. The number of halogens is 3. The van der Waals surface area contributed by atoms with E-state index in [4.69, 9.17) is 20.2 Å². The van der Waals surface area contributed by atoms with Gasteiger partial charge in [-0.25, -0.2) is 18.2 Å². The van der Waals surface area contributed by atoms with Crippen molar-refractivity contribution in [1.29, 1.82) is 0 Å². The number of methoxy groups -OCH3 is 2. The van der Waals surface area contributed by atoms with Crippen molar-refractivity contribution in [3.8, 4) is 17.2 Å². The van der Waals surface area contributed by atoms with Crippen molar-refractivity contribution < 1.29 is 22.6 Å². The quantitative estimate of drug-likeness (QED) is 0.156. The molecule has 3 aromatic carbocycles. The number of nitrogens with zero attached hydrogens (tertiary/aromatic N) is 3. The molecule has 2 N–H and O–H groups in total. The Morgan fingerprint density at radius 3 is 2.26 bits per heavy atom. The highest BCUT2D eigenvalue weighted by Gasteiger charge is 2.24. The first-order valence-electron chi connectivity index (χ1n) is 12.5. The first kappa shape index (κ1) is 28.4. The van der Waals surface area contributed by atoms with Gasteiger partial charge in [-0.05, 0) is 74.3 Å². The zero-order valence-electron chi connectivity index (χ0n) is 22.1. The summed E-state index contributed by atoms with van der Waals surface area (Å²) in [5.74, 6) is 0.304. The number of benzene rings is 3. The van der Waals surface area contributed by atoms with Gasteiger partial charge in [0.2, 0.25) is 0 Å². The summed E-state index contributed by atoms with van der Waals surface area (Å²) < 4.78 is 55.5. The molecule has 1 heterocycles. The first-order valence-corrected chi connectivity index (χ1v) is 13.5. The summed E-state index contributed by atoms with van der Waals surface area (Å²) in [7, 11) is 5.04. The van der Waals surface area contributed by atoms with Crippen molar-refractivity contribution in [2.45, 2.75) is 30.2 Å². The molecule has 4 rings (SSSR count). The molecule has 1 aromatic heterocycles. The van der Waals surface area contributed by atoms with E-state index in [-0.39, 0.29) is 17.1 Å².